The average molecular weight is 317 g/mol. The molecule has 5 heteroatoms. The summed E-state index contributed by atoms with van der Waals surface area (Å²) in [5.74, 6) is 0.309. The largest absolute Gasteiger partial charge is 0.326 e. The molecule has 0 aliphatic rings. The molecule has 0 radical (unpaired) electrons. The van der Waals surface area contributed by atoms with Crippen molar-refractivity contribution < 1.29 is 4.79 Å². The molecule has 1 aromatic heterocycles. The van der Waals surface area contributed by atoms with Gasteiger partial charge >= 0.3 is 0 Å². The van der Waals surface area contributed by atoms with E-state index >= 15 is 0 Å². The predicted octanol–water partition coefficient (Wildman–Crippen LogP) is 4.22. The van der Waals surface area contributed by atoms with Crippen molar-refractivity contribution in [3.8, 4) is 0 Å². The molecule has 0 fully saturated rings. The Balaban J connectivity index is 1.70. The Bertz CT molecular complexity index is 785. The zero-order chi connectivity index (χ0) is 14.7. The highest BCUT2D eigenvalue weighted by molar-refractivity contribution is 7.09. The van der Waals surface area contributed by atoms with Crippen molar-refractivity contribution in [2.24, 2.45) is 0 Å². The van der Waals surface area contributed by atoms with Gasteiger partial charge in [-0.05, 0) is 22.9 Å². The molecule has 0 spiro atoms. The third-order valence-electron chi connectivity index (χ3n) is 3.08. The molecule has 1 N–H and O–H groups in total. The normalized spacial score (nSPS) is 10.7. The lowest BCUT2D eigenvalue weighted by Crippen LogP contribution is -2.14. The highest BCUT2D eigenvalue weighted by atomic mass is 35.5. The number of anilines is 1. The Kier molecular flexibility index (Phi) is 4.18. The molecule has 3 nitrogen and oxygen atoms in total. The number of amides is 1. The van der Waals surface area contributed by atoms with Crippen LogP contribution in [0.25, 0.3) is 10.8 Å². The molecule has 3 rings (SSSR count). The van der Waals surface area contributed by atoms with E-state index in [-0.39, 0.29) is 12.3 Å². The number of nitrogens with zero attached hydrogens (tertiary/aromatic N) is 1. The second-order valence-electron chi connectivity index (χ2n) is 4.65. The summed E-state index contributed by atoms with van der Waals surface area (Å²) in [5.41, 5.74) is 1.61. The van der Waals surface area contributed by atoms with Gasteiger partial charge in [-0.3, -0.25) is 4.79 Å². The van der Waals surface area contributed by atoms with Crippen LogP contribution in [0.5, 0.6) is 0 Å². The fraction of sp³-hybridized carbons (Fsp3) is 0.125. The van der Waals surface area contributed by atoms with E-state index in [0.29, 0.717) is 5.88 Å². The molecular weight excluding hydrogens is 304 g/mol. The maximum atomic E-state index is 12.0. The highest BCUT2D eigenvalue weighted by Crippen LogP contribution is 2.19. The number of benzene rings is 2. The monoisotopic (exact) mass is 316 g/mol. The first-order chi connectivity index (χ1) is 10.2. The number of thiazole rings is 1. The van der Waals surface area contributed by atoms with E-state index in [4.69, 9.17) is 11.6 Å². The van der Waals surface area contributed by atoms with Gasteiger partial charge < -0.3 is 5.32 Å². The Morgan fingerprint density at radius 1 is 1.19 bits per heavy atom. The molecule has 0 unspecified atom stereocenters. The minimum absolute atomic E-state index is 0.0687. The van der Waals surface area contributed by atoms with Crippen molar-refractivity contribution in [1.29, 1.82) is 0 Å². The lowest BCUT2D eigenvalue weighted by molar-refractivity contribution is -0.115. The van der Waals surface area contributed by atoms with Gasteiger partial charge in [0.05, 0.1) is 18.0 Å². The van der Waals surface area contributed by atoms with Crippen molar-refractivity contribution in [2.75, 3.05) is 5.32 Å². The number of aromatic nitrogens is 1. The summed E-state index contributed by atoms with van der Waals surface area (Å²) in [6, 6.07) is 13.9. The summed E-state index contributed by atoms with van der Waals surface area (Å²) in [5, 5.41) is 7.83. The van der Waals surface area contributed by atoms with Gasteiger partial charge in [0.25, 0.3) is 0 Å². The number of halogens is 1. The summed E-state index contributed by atoms with van der Waals surface area (Å²) in [6.07, 6.45) is 0.272. The molecule has 1 heterocycles. The first kappa shape index (κ1) is 14.0. The third-order valence-corrected chi connectivity index (χ3v) is 4.25. The molecule has 0 aliphatic heterocycles. The van der Waals surface area contributed by atoms with Crippen LogP contribution in [0.3, 0.4) is 0 Å². The minimum atomic E-state index is -0.0687. The van der Waals surface area contributed by atoms with Gasteiger partial charge in [0, 0.05) is 11.1 Å². The third kappa shape index (κ3) is 3.40. The van der Waals surface area contributed by atoms with Gasteiger partial charge in [0.1, 0.15) is 5.01 Å². The van der Waals surface area contributed by atoms with E-state index in [2.05, 4.69) is 10.3 Å². The van der Waals surface area contributed by atoms with Gasteiger partial charge in [-0.2, -0.15) is 0 Å². The van der Waals surface area contributed by atoms with Crippen LogP contribution in [0, 0.1) is 0 Å². The van der Waals surface area contributed by atoms with Crippen molar-refractivity contribution in [3.05, 3.63) is 58.5 Å². The van der Waals surface area contributed by atoms with Gasteiger partial charge in [-0.25, -0.2) is 4.98 Å². The zero-order valence-corrected chi connectivity index (χ0v) is 12.7. The van der Waals surface area contributed by atoms with Crippen LogP contribution in [0.2, 0.25) is 0 Å². The maximum absolute atomic E-state index is 12.0. The average Bonchev–Trinajstić information content (AvgIpc) is 2.94. The van der Waals surface area contributed by atoms with Crippen LogP contribution >= 0.6 is 22.9 Å². The Morgan fingerprint density at radius 2 is 2.00 bits per heavy atom. The van der Waals surface area contributed by atoms with Crippen molar-refractivity contribution in [3.63, 3.8) is 0 Å². The van der Waals surface area contributed by atoms with E-state index in [1.807, 2.05) is 47.8 Å². The molecule has 0 bridgehead atoms. The highest BCUT2D eigenvalue weighted by Gasteiger charge is 2.08. The molecule has 0 saturated carbocycles. The summed E-state index contributed by atoms with van der Waals surface area (Å²) >= 11 is 7.16. The number of nitrogens with one attached hydrogen (secondary N) is 1. The van der Waals surface area contributed by atoms with Crippen molar-refractivity contribution >= 4 is 45.3 Å². The smallest absolute Gasteiger partial charge is 0.231 e. The zero-order valence-electron chi connectivity index (χ0n) is 11.2. The van der Waals surface area contributed by atoms with E-state index in [0.717, 1.165) is 27.2 Å². The number of alkyl halides is 1. The molecule has 1 amide bonds. The molecule has 0 saturated heterocycles. The summed E-state index contributed by atoms with van der Waals surface area (Å²) < 4.78 is 0. The number of hydrogen-bond acceptors (Lipinski definition) is 3. The topological polar surface area (TPSA) is 42.0 Å². The Labute approximate surface area is 131 Å². The van der Waals surface area contributed by atoms with E-state index in [1.165, 1.54) is 11.3 Å². The Morgan fingerprint density at radius 3 is 2.76 bits per heavy atom. The molecule has 106 valence electrons. The molecule has 3 aromatic rings. The van der Waals surface area contributed by atoms with Gasteiger partial charge in [-0.1, -0.05) is 30.3 Å². The number of carbonyl (C=O) groups excluding carboxylic acids is 1. The molecular formula is C16H13ClN2OS. The van der Waals surface area contributed by atoms with E-state index in [9.17, 15) is 4.79 Å². The first-order valence-corrected chi connectivity index (χ1v) is 7.94. The molecule has 2 aromatic carbocycles. The van der Waals surface area contributed by atoms with Crippen LogP contribution in [-0.4, -0.2) is 10.9 Å². The lowest BCUT2D eigenvalue weighted by Gasteiger charge is -2.05. The Hall–Kier alpha value is -1.91. The molecule has 21 heavy (non-hydrogen) atoms. The minimum Gasteiger partial charge on any atom is -0.326 e. The molecule has 0 atom stereocenters. The van der Waals surface area contributed by atoms with E-state index < -0.39 is 0 Å². The van der Waals surface area contributed by atoms with Gasteiger partial charge in [0.15, 0.2) is 0 Å². The summed E-state index contributed by atoms with van der Waals surface area (Å²) in [7, 11) is 0. The quantitative estimate of drug-likeness (QED) is 0.732. The lowest BCUT2D eigenvalue weighted by atomic mass is 10.1. The number of fused-ring (bicyclic) bond motifs is 1. The second-order valence-corrected chi connectivity index (χ2v) is 5.86. The van der Waals surface area contributed by atoms with Crippen LogP contribution in [0.4, 0.5) is 5.69 Å². The fourth-order valence-electron chi connectivity index (χ4n) is 2.10. The molecule has 0 aliphatic carbocycles. The van der Waals surface area contributed by atoms with Crippen LogP contribution < -0.4 is 5.32 Å². The number of carbonyl (C=O) groups is 1. The van der Waals surface area contributed by atoms with Crippen molar-refractivity contribution in [2.45, 2.75) is 12.3 Å². The van der Waals surface area contributed by atoms with Crippen LogP contribution in [0.15, 0.2) is 47.8 Å². The standard InChI is InChI=1S/C16H13ClN2OS/c17-9-14-10-21-16(19-14)8-15(20)18-13-6-5-11-3-1-2-4-12(11)7-13/h1-7,10H,8-9H2,(H,18,20). The van der Waals surface area contributed by atoms with Gasteiger partial charge in [-0.15, -0.1) is 22.9 Å². The fourth-order valence-corrected chi connectivity index (χ4v) is 3.12. The summed E-state index contributed by atoms with van der Waals surface area (Å²) in [6.45, 7) is 0. The summed E-state index contributed by atoms with van der Waals surface area (Å²) in [4.78, 5) is 16.3. The van der Waals surface area contributed by atoms with Crippen LogP contribution in [-0.2, 0) is 17.1 Å². The van der Waals surface area contributed by atoms with Gasteiger partial charge in [0.2, 0.25) is 5.91 Å². The van der Waals surface area contributed by atoms with Crippen LogP contribution in [0.1, 0.15) is 10.7 Å². The maximum Gasteiger partial charge on any atom is 0.231 e. The number of hydrogen-bond donors (Lipinski definition) is 1. The SMILES string of the molecule is O=C(Cc1nc(CCl)cs1)Nc1ccc2ccccc2c1. The second kappa shape index (κ2) is 6.24. The first-order valence-electron chi connectivity index (χ1n) is 6.52. The predicted molar refractivity (Wildman–Crippen MR) is 88.0 cm³/mol. The van der Waals surface area contributed by atoms with Crippen molar-refractivity contribution in [1.82, 2.24) is 4.98 Å². The van der Waals surface area contributed by atoms with E-state index in [1.54, 1.807) is 0 Å². The number of rotatable bonds is 4.